The summed E-state index contributed by atoms with van der Waals surface area (Å²) in [4.78, 5) is 37.1. The summed E-state index contributed by atoms with van der Waals surface area (Å²) in [6, 6.07) is 13.5. The van der Waals surface area contributed by atoms with E-state index in [9.17, 15) is 14.4 Å². The average Bonchev–Trinajstić information content (AvgIpc) is 2.65. The molecule has 0 aliphatic carbocycles. The molecule has 1 amide bonds. The molecular formula is C22H22N2O4. The van der Waals surface area contributed by atoms with E-state index in [4.69, 9.17) is 5.11 Å². The van der Waals surface area contributed by atoms with Crippen LogP contribution in [-0.2, 0) is 9.59 Å². The fourth-order valence-corrected chi connectivity index (χ4v) is 2.39. The molecule has 0 saturated carbocycles. The SMILES string of the molecule is CC(=O)/C(=C\C=C\c1ccc(N(C)C)cc1)C(=O)Nc1ccc(C(=O)O)cc1. The number of nitrogens with zero attached hydrogens (tertiary/aromatic N) is 1. The third-order valence-electron chi connectivity index (χ3n) is 3.97. The second-order valence-corrected chi connectivity index (χ2v) is 6.32. The first-order chi connectivity index (χ1) is 13.3. The molecular weight excluding hydrogens is 356 g/mol. The highest BCUT2D eigenvalue weighted by Gasteiger charge is 2.14. The van der Waals surface area contributed by atoms with E-state index in [2.05, 4.69) is 5.32 Å². The van der Waals surface area contributed by atoms with Crippen molar-refractivity contribution in [2.24, 2.45) is 0 Å². The van der Waals surface area contributed by atoms with E-state index >= 15 is 0 Å². The zero-order valence-corrected chi connectivity index (χ0v) is 16.0. The Morgan fingerprint density at radius 2 is 1.57 bits per heavy atom. The van der Waals surface area contributed by atoms with Gasteiger partial charge in [-0.05, 0) is 55.0 Å². The molecule has 0 bridgehead atoms. The molecule has 0 fully saturated rings. The number of hydrogen-bond donors (Lipinski definition) is 2. The zero-order valence-electron chi connectivity index (χ0n) is 16.0. The van der Waals surface area contributed by atoms with Crippen molar-refractivity contribution in [3.8, 4) is 0 Å². The van der Waals surface area contributed by atoms with Crippen molar-refractivity contribution in [2.45, 2.75) is 6.92 Å². The molecule has 0 saturated heterocycles. The van der Waals surface area contributed by atoms with Gasteiger partial charge in [-0.1, -0.05) is 24.3 Å². The highest BCUT2D eigenvalue weighted by molar-refractivity contribution is 6.23. The Bertz CT molecular complexity index is 924. The van der Waals surface area contributed by atoms with Gasteiger partial charge in [-0.15, -0.1) is 0 Å². The lowest BCUT2D eigenvalue weighted by Gasteiger charge is -2.11. The third kappa shape index (κ3) is 5.67. The monoisotopic (exact) mass is 378 g/mol. The third-order valence-corrected chi connectivity index (χ3v) is 3.97. The number of benzene rings is 2. The molecule has 0 unspecified atom stereocenters. The van der Waals surface area contributed by atoms with Crippen molar-refractivity contribution < 1.29 is 19.5 Å². The van der Waals surface area contributed by atoms with E-state index < -0.39 is 11.9 Å². The molecule has 0 heterocycles. The molecule has 0 aliphatic heterocycles. The molecule has 2 aromatic carbocycles. The fourth-order valence-electron chi connectivity index (χ4n) is 2.39. The second kappa shape index (κ2) is 9.32. The van der Waals surface area contributed by atoms with E-state index in [1.807, 2.05) is 43.3 Å². The maximum Gasteiger partial charge on any atom is 0.335 e. The van der Waals surface area contributed by atoms with Crippen LogP contribution in [0.25, 0.3) is 6.08 Å². The van der Waals surface area contributed by atoms with Gasteiger partial charge in [-0.2, -0.15) is 0 Å². The maximum atomic E-state index is 12.4. The minimum absolute atomic E-state index is 0.00322. The standard InChI is InChI=1S/C22H22N2O4/c1-15(25)20(6-4-5-16-7-13-19(14-8-16)24(2)3)21(26)23-18-11-9-17(10-12-18)22(27)28/h4-14H,1-3H3,(H,23,26)(H,27,28)/b5-4+,20-6+. The van der Waals surface area contributed by atoms with E-state index in [-0.39, 0.29) is 16.9 Å². The lowest BCUT2D eigenvalue weighted by molar-refractivity contribution is -0.118. The van der Waals surface area contributed by atoms with Crippen LogP contribution < -0.4 is 10.2 Å². The molecule has 0 aromatic heterocycles. The number of carboxylic acids is 1. The summed E-state index contributed by atoms with van der Waals surface area (Å²) in [7, 11) is 3.92. The van der Waals surface area contributed by atoms with Gasteiger partial charge in [-0.3, -0.25) is 9.59 Å². The Morgan fingerprint density at radius 3 is 2.07 bits per heavy atom. The molecule has 6 heteroatoms. The molecule has 0 atom stereocenters. The van der Waals surface area contributed by atoms with Gasteiger partial charge in [0.2, 0.25) is 0 Å². The van der Waals surface area contributed by atoms with Gasteiger partial charge >= 0.3 is 5.97 Å². The Morgan fingerprint density at radius 1 is 0.964 bits per heavy atom. The average molecular weight is 378 g/mol. The first-order valence-corrected chi connectivity index (χ1v) is 8.59. The zero-order chi connectivity index (χ0) is 20.7. The van der Waals surface area contributed by atoms with E-state index in [1.54, 1.807) is 12.2 Å². The van der Waals surface area contributed by atoms with Gasteiger partial charge < -0.3 is 15.3 Å². The summed E-state index contributed by atoms with van der Waals surface area (Å²) in [5.41, 5.74) is 2.54. The summed E-state index contributed by atoms with van der Waals surface area (Å²) in [6.45, 7) is 1.32. The Balaban J connectivity index is 2.11. The molecule has 144 valence electrons. The quantitative estimate of drug-likeness (QED) is 0.333. The van der Waals surface area contributed by atoms with Crippen LogP contribution in [0.5, 0.6) is 0 Å². The second-order valence-electron chi connectivity index (χ2n) is 6.32. The fraction of sp³-hybridized carbons (Fsp3) is 0.136. The van der Waals surface area contributed by atoms with Crippen LogP contribution in [0.1, 0.15) is 22.8 Å². The van der Waals surface area contributed by atoms with Gasteiger partial charge in [0.25, 0.3) is 5.91 Å². The molecule has 2 aromatic rings. The summed E-state index contributed by atoms with van der Waals surface area (Å²) >= 11 is 0. The summed E-state index contributed by atoms with van der Waals surface area (Å²) in [6.07, 6.45) is 4.91. The molecule has 0 spiro atoms. The van der Waals surface area contributed by atoms with Crippen LogP contribution in [0.3, 0.4) is 0 Å². The Labute approximate surface area is 163 Å². The van der Waals surface area contributed by atoms with E-state index in [0.29, 0.717) is 5.69 Å². The van der Waals surface area contributed by atoms with Gasteiger partial charge in [0.1, 0.15) is 0 Å². The molecule has 0 aliphatic rings. The predicted molar refractivity (Wildman–Crippen MR) is 111 cm³/mol. The van der Waals surface area contributed by atoms with Crippen LogP contribution in [0.15, 0.2) is 66.3 Å². The van der Waals surface area contributed by atoms with Crippen molar-refractivity contribution in [1.29, 1.82) is 0 Å². The summed E-state index contributed by atoms with van der Waals surface area (Å²) in [5, 5.41) is 11.5. The molecule has 0 radical (unpaired) electrons. The number of allylic oxidation sites excluding steroid dienone is 2. The maximum absolute atomic E-state index is 12.4. The van der Waals surface area contributed by atoms with Crippen LogP contribution in [-0.4, -0.2) is 36.9 Å². The number of rotatable bonds is 7. The van der Waals surface area contributed by atoms with Gasteiger partial charge in [0.05, 0.1) is 11.1 Å². The number of hydrogen-bond acceptors (Lipinski definition) is 4. The largest absolute Gasteiger partial charge is 0.478 e. The number of aromatic carboxylic acids is 1. The number of nitrogens with one attached hydrogen (secondary N) is 1. The number of carbonyl (C=O) groups is 3. The molecule has 2 rings (SSSR count). The smallest absolute Gasteiger partial charge is 0.335 e. The van der Waals surface area contributed by atoms with Crippen LogP contribution in [0.4, 0.5) is 11.4 Å². The highest BCUT2D eigenvalue weighted by atomic mass is 16.4. The first kappa shape index (κ1) is 20.6. The van der Waals surface area contributed by atoms with Crippen molar-refractivity contribution in [1.82, 2.24) is 0 Å². The number of Topliss-reactive ketones (excluding diaryl/α,β-unsaturated/α-hetero) is 1. The first-order valence-electron chi connectivity index (χ1n) is 8.59. The van der Waals surface area contributed by atoms with Gasteiger partial charge in [0.15, 0.2) is 5.78 Å². The van der Waals surface area contributed by atoms with E-state index in [0.717, 1.165) is 11.3 Å². The molecule has 6 nitrogen and oxygen atoms in total. The minimum atomic E-state index is -1.05. The lowest BCUT2D eigenvalue weighted by Crippen LogP contribution is -2.18. The van der Waals surface area contributed by atoms with Crippen molar-refractivity contribution in [3.05, 3.63) is 77.4 Å². The lowest BCUT2D eigenvalue weighted by atomic mass is 10.1. The van der Waals surface area contributed by atoms with Crippen LogP contribution in [0.2, 0.25) is 0 Å². The summed E-state index contributed by atoms with van der Waals surface area (Å²) < 4.78 is 0. The number of carbonyl (C=O) groups excluding carboxylic acids is 2. The highest BCUT2D eigenvalue weighted by Crippen LogP contribution is 2.14. The molecule has 2 N–H and O–H groups in total. The number of ketones is 1. The van der Waals surface area contributed by atoms with Gasteiger partial charge in [0, 0.05) is 25.5 Å². The number of carboxylic acid groups (broad SMARTS) is 1. The van der Waals surface area contributed by atoms with E-state index in [1.165, 1.54) is 37.3 Å². The predicted octanol–water partition coefficient (Wildman–Crippen LogP) is 3.62. The number of amides is 1. The van der Waals surface area contributed by atoms with Crippen LogP contribution >= 0.6 is 0 Å². The minimum Gasteiger partial charge on any atom is -0.478 e. The summed E-state index contributed by atoms with van der Waals surface area (Å²) in [5.74, 6) is -1.97. The Hall–Kier alpha value is -3.67. The van der Waals surface area contributed by atoms with Crippen LogP contribution in [0, 0.1) is 0 Å². The number of anilines is 2. The van der Waals surface area contributed by atoms with Crippen molar-refractivity contribution in [3.63, 3.8) is 0 Å². The topological polar surface area (TPSA) is 86.7 Å². The Kier molecular flexibility index (Phi) is 6.87. The van der Waals surface area contributed by atoms with Crippen molar-refractivity contribution in [2.75, 3.05) is 24.3 Å². The van der Waals surface area contributed by atoms with Crippen molar-refractivity contribution >= 4 is 35.1 Å². The van der Waals surface area contributed by atoms with Gasteiger partial charge in [-0.25, -0.2) is 4.79 Å². The normalized spacial score (nSPS) is 11.3. The molecule has 28 heavy (non-hydrogen) atoms.